The first kappa shape index (κ1) is 16.7. The van der Waals surface area contributed by atoms with E-state index in [0.29, 0.717) is 6.54 Å². The minimum atomic E-state index is -1.60. The molecule has 1 rings (SSSR count). The Balaban J connectivity index is 2.88. The van der Waals surface area contributed by atoms with Gasteiger partial charge < -0.3 is 15.2 Å². The van der Waals surface area contributed by atoms with Gasteiger partial charge in [0.1, 0.15) is 6.61 Å². The van der Waals surface area contributed by atoms with E-state index in [9.17, 15) is 22.7 Å². The monoisotopic (exact) mass is 295 g/mol. The maximum atomic E-state index is 13.4. The number of aliphatic hydroxyl groups excluding tert-OH is 1. The van der Waals surface area contributed by atoms with Crippen molar-refractivity contribution in [2.24, 2.45) is 0 Å². The second-order valence-electron chi connectivity index (χ2n) is 4.73. The molecule has 0 fully saturated rings. The highest BCUT2D eigenvalue weighted by Crippen LogP contribution is 2.27. The molecular weight excluding hydrogens is 278 g/mol. The highest BCUT2D eigenvalue weighted by Gasteiger charge is 2.27. The second-order valence-corrected chi connectivity index (χ2v) is 4.73. The fraction of sp³-hybridized carbons (Fsp3) is 0.538. The van der Waals surface area contributed by atoms with E-state index in [1.54, 1.807) is 6.92 Å². The van der Waals surface area contributed by atoms with E-state index in [0.717, 1.165) is 6.42 Å². The maximum absolute atomic E-state index is 13.4. The van der Waals surface area contributed by atoms with Crippen LogP contribution in [0.5, 0.6) is 5.75 Å². The molecule has 1 aromatic carbocycles. The van der Waals surface area contributed by atoms with Crippen molar-refractivity contribution in [1.82, 2.24) is 5.32 Å². The van der Waals surface area contributed by atoms with Crippen molar-refractivity contribution in [3.63, 3.8) is 0 Å². The van der Waals surface area contributed by atoms with Crippen molar-refractivity contribution in [3.05, 3.63) is 29.3 Å². The Hall–Kier alpha value is -1.34. The Bertz CT molecular complexity index is 444. The fourth-order valence-electron chi connectivity index (χ4n) is 1.49. The van der Waals surface area contributed by atoms with Gasteiger partial charge in [-0.15, -0.1) is 0 Å². The lowest BCUT2D eigenvalue weighted by molar-refractivity contribution is 0.110. The molecule has 1 unspecified atom stereocenters. The van der Waals surface area contributed by atoms with Crippen LogP contribution in [0, 0.1) is 23.3 Å². The van der Waals surface area contributed by atoms with Crippen LogP contribution < -0.4 is 10.1 Å². The molecule has 1 aromatic rings. The molecular formula is C13H17F4NO2. The van der Waals surface area contributed by atoms with E-state index in [-0.39, 0.29) is 19.3 Å². The van der Waals surface area contributed by atoms with Crippen molar-refractivity contribution in [1.29, 1.82) is 0 Å². The van der Waals surface area contributed by atoms with Crippen LogP contribution in [0.25, 0.3) is 0 Å². The lowest BCUT2D eigenvalue weighted by Crippen LogP contribution is -2.50. The first-order valence-electron chi connectivity index (χ1n) is 6.16. The van der Waals surface area contributed by atoms with E-state index >= 15 is 0 Å². The van der Waals surface area contributed by atoms with Crippen molar-refractivity contribution < 1.29 is 27.4 Å². The van der Waals surface area contributed by atoms with Crippen molar-refractivity contribution in [3.8, 4) is 5.75 Å². The Labute approximate surface area is 114 Å². The Morgan fingerprint density at radius 3 is 2.20 bits per heavy atom. The molecule has 0 aliphatic rings. The Morgan fingerprint density at radius 2 is 1.75 bits per heavy atom. The molecule has 0 spiro atoms. The van der Waals surface area contributed by atoms with Gasteiger partial charge in [-0.3, -0.25) is 0 Å². The summed E-state index contributed by atoms with van der Waals surface area (Å²) < 4.78 is 57.6. The molecule has 0 radical (unpaired) electrons. The van der Waals surface area contributed by atoms with Crippen LogP contribution in [0.2, 0.25) is 0 Å². The molecule has 0 aliphatic heterocycles. The fourth-order valence-corrected chi connectivity index (χ4v) is 1.49. The molecule has 2 N–H and O–H groups in total. The van der Waals surface area contributed by atoms with E-state index in [2.05, 4.69) is 5.32 Å². The first-order chi connectivity index (χ1) is 9.34. The van der Waals surface area contributed by atoms with Gasteiger partial charge in [-0.05, 0) is 19.9 Å². The number of ether oxygens (including phenoxy) is 1. The van der Waals surface area contributed by atoms with Crippen LogP contribution in [0.1, 0.15) is 20.3 Å². The van der Waals surface area contributed by atoms with Crippen LogP contribution in [-0.2, 0) is 0 Å². The largest absolute Gasteiger partial charge is 0.485 e. The molecule has 0 bridgehead atoms. The normalized spacial score (nSPS) is 14.2. The highest BCUT2D eigenvalue weighted by atomic mass is 19.2. The molecule has 0 heterocycles. The molecule has 114 valence electrons. The molecule has 3 nitrogen and oxygen atoms in total. The number of rotatable bonds is 7. The van der Waals surface area contributed by atoms with Gasteiger partial charge in [0.25, 0.3) is 0 Å². The number of nitrogens with one attached hydrogen (secondary N) is 1. The average molecular weight is 295 g/mol. The van der Waals surface area contributed by atoms with Gasteiger partial charge in [-0.1, -0.05) is 6.92 Å². The summed E-state index contributed by atoms with van der Waals surface area (Å²) in [5, 5.41) is 12.2. The molecule has 1 atom stereocenters. The summed E-state index contributed by atoms with van der Waals surface area (Å²) >= 11 is 0. The molecule has 7 heteroatoms. The van der Waals surface area contributed by atoms with E-state index in [1.807, 2.05) is 6.92 Å². The number of hydrogen-bond donors (Lipinski definition) is 2. The van der Waals surface area contributed by atoms with Crippen molar-refractivity contribution in [2.75, 3.05) is 19.8 Å². The predicted molar refractivity (Wildman–Crippen MR) is 65.6 cm³/mol. The van der Waals surface area contributed by atoms with Gasteiger partial charge in [0.05, 0.1) is 12.1 Å². The van der Waals surface area contributed by atoms with Gasteiger partial charge in [-0.2, -0.15) is 8.78 Å². The zero-order valence-electron chi connectivity index (χ0n) is 11.3. The summed E-state index contributed by atoms with van der Waals surface area (Å²) in [4.78, 5) is 0. The van der Waals surface area contributed by atoms with Crippen LogP contribution in [-0.4, -0.2) is 30.4 Å². The minimum absolute atomic E-state index is 0.109. The minimum Gasteiger partial charge on any atom is -0.485 e. The lowest BCUT2D eigenvalue weighted by Gasteiger charge is -2.28. The number of benzene rings is 1. The summed E-state index contributed by atoms with van der Waals surface area (Å²) in [7, 11) is 0. The zero-order valence-corrected chi connectivity index (χ0v) is 11.3. The third-order valence-electron chi connectivity index (χ3n) is 2.76. The third-order valence-corrected chi connectivity index (χ3v) is 2.76. The summed E-state index contributed by atoms with van der Waals surface area (Å²) in [5.74, 6) is -7.39. The number of halogens is 4. The van der Waals surface area contributed by atoms with Crippen molar-refractivity contribution >= 4 is 0 Å². The van der Waals surface area contributed by atoms with Crippen molar-refractivity contribution in [2.45, 2.75) is 25.8 Å². The van der Waals surface area contributed by atoms with Crippen LogP contribution in [0.15, 0.2) is 6.07 Å². The van der Waals surface area contributed by atoms with Gasteiger partial charge >= 0.3 is 0 Å². The molecule has 0 aliphatic carbocycles. The molecule has 0 saturated heterocycles. The highest BCUT2D eigenvalue weighted by molar-refractivity contribution is 5.28. The summed E-state index contributed by atoms with van der Waals surface area (Å²) in [6.45, 7) is 3.29. The molecule has 20 heavy (non-hydrogen) atoms. The van der Waals surface area contributed by atoms with Gasteiger partial charge in [-0.25, -0.2) is 8.78 Å². The second kappa shape index (κ2) is 6.90. The zero-order chi connectivity index (χ0) is 15.3. The number of hydrogen-bond acceptors (Lipinski definition) is 3. The van der Waals surface area contributed by atoms with Crippen LogP contribution in [0.4, 0.5) is 17.6 Å². The Morgan fingerprint density at radius 1 is 1.20 bits per heavy atom. The Kier molecular flexibility index (Phi) is 5.76. The van der Waals surface area contributed by atoms with E-state index in [1.165, 1.54) is 0 Å². The third kappa shape index (κ3) is 3.83. The van der Waals surface area contributed by atoms with Gasteiger partial charge in [0, 0.05) is 6.07 Å². The maximum Gasteiger partial charge on any atom is 0.203 e. The summed E-state index contributed by atoms with van der Waals surface area (Å²) in [6.07, 6.45) is 0.771. The summed E-state index contributed by atoms with van der Waals surface area (Å²) in [6, 6.07) is 0.109. The molecule has 0 aromatic heterocycles. The quantitative estimate of drug-likeness (QED) is 0.599. The lowest BCUT2D eigenvalue weighted by atomic mass is 10.1. The molecule has 0 amide bonds. The topological polar surface area (TPSA) is 41.5 Å². The van der Waals surface area contributed by atoms with Gasteiger partial charge in [0.2, 0.25) is 11.6 Å². The van der Waals surface area contributed by atoms with Crippen LogP contribution in [0.3, 0.4) is 0 Å². The first-order valence-corrected chi connectivity index (χ1v) is 6.16. The van der Waals surface area contributed by atoms with E-state index in [4.69, 9.17) is 4.74 Å². The smallest absolute Gasteiger partial charge is 0.203 e. The van der Waals surface area contributed by atoms with Gasteiger partial charge in [0.15, 0.2) is 17.4 Å². The standard InChI is InChI=1S/C13H17F4NO2/c1-3-4-18-13(2,6-19)7-20-12-10(16)8(14)5-9(15)11(12)17/h5,18-19H,3-4,6-7H2,1-2H3. The average Bonchev–Trinajstić information content (AvgIpc) is 2.43. The number of aliphatic hydroxyl groups is 1. The van der Waals surface area contributed by atoms with Crippen LogP contribution >= 0.6 is 0 Å². The summed E-state index contributed by atoms with van der Waals surface area (Å²) in [5.41, 5.74) is -0.975. The molecule has 0 saturated carbocycles. The predicted octanol–water partition coefficient (Wildman–Crippen LogP) is 2.37. The SMILES string of the molecule is CCCNC(C)(CO)COc1c(F)c(F)cc(F)c1F. The van der Waals surface area contributed by atoms with E-state index < -0.39 is 34.6 Å².